The van der Waals surface area contributed by atoms with Gasteiger partial charge in [-0.3, -0.25) is 4.90 Å². The van der Waals surface area contributed by atoms with Crippen molar-refractivity contribution in [3.8, 4) is 0 Å². The van der Waals surface area contributed by atoms with Gasteiger partial charge in [-0.05, 0) is 31.5 Å². The van der Waals surface area contributed by atoms with E-state index < -0.39 is 0 Å². The molecule has 100 valence electrons. The van der Waals surface area contributed by atoms with Crippen LogP contribution in [0.4, 0.5) is 0 Å². The van der Waals surface area contributed by atoms with Gasteiger partial charge in [0.1, 0.15) is 5.82 Å². The van der Waals surface area contributed by atoms with Crippen molar-refractivity contribution >= 4 is 11.0 Å². The van der Waals surface area contributed by atoms with E-state index in [1.807, 2.05) is 12.2 Å². The van der Waals surface area contributed by atoms with E-state index in [0.717, 1.165) is 29.9 Å². The molecule has 0 saturated carbocycles. The van der Waals surface area contributed by atoms with Crippen LogP contribution in [0.25, 0.3) is 11.0 Å². The molecule has 1 aromatic heterocycles. The molecule has 0 aliphatic heterocycles. The highest BCUT2D eigenvalue weighted by molar-refractivity contribution is 5.75. The number of rotatable bonds is 6. The van der Waals surface area contributed by atoms with Crippen LogP contribution in [0.1, 0.15) is 24.4 Å². The Morgan fingerprint density at radius 1 is 1.32 bits per heavy atom. The molecule has 1 heterocycles. The van der Waals surface area contributed by atoms with Gasteiger partial charge >= 0.3 is 0 Å². The summed E-state index contributed by atoms with van der Waals surface area (Å²) in [5.41, 5.74) is 3.35. The zero-order valence-electron chi connectivity index (χ0n) is 11.7. The second kappa shape index (κ2) is 5.85. The third kappa shape index (κ3) is 2.93. The van der Waals surface area contributed by atoms with Crippen LogP contribution in [-0.4, -0.2) is 28.0 Å². The Morgan fingerprint density at radius 3 is 2.63 bits per heavy atom. The summed E-state index contributed by atoms with van der Waals surface area (Å²) in [6, 6.07) is 6.49. The molecule has 1 aromatic carbocycles. The van der Waals surface area contributed by atoms with Crippen molar-refractivity contribution in [2.45, 2.75) is 19.9 Å². The molecule has 0 saturated heterocycles. The Labute approximate surface area is 114 Å². The molecule has 0 spiro atoms. The smallest absolute Gasteiger partial charge is 0.124 e. The number of H-pyrrole nitrogens is 1. The monoisotopic (exact) mass is 255 g/mol. The first-order chi connectivity index (χ1) is 9.15. The summed E-state index contributed by atoms with van der Waals surface area (Å²) in [4.78, 5) is 10.4. The van der Waals surface area contributed by atoms with Crippen molar-refractivity contribution in [3.63, 3.8) is 0 Å². The first-order valence-electron chi connectivity index (χ1n) is 6.57. The molecular formula is C16H21N3. The van der Waals surface area contributed by atoms with E-state index in [4.69, 9.17) is 0 Å². The number of aromatic nitrogens is 2. The van der Waals surface area contributed by atoms with Crippen LogP contribution in [0.3, 0.4) is 0 Å². The average molecular weight is 255 g/mol. The van der Waals surface area contributed by atoms with Gasteiger partial charge in [0, 0.05) is 13.1 Å². The third-order valence-corrected chi connectivity index (χ3v) is 3.33. The highest BCUT2D eigenvalue weighted by Crippen LogP contribution is 2.21. The lowest BCUT2D eigenvalue weighted by Crippen LogP contribution is -2.28. The van der Waals surface area contributed by atoms with Crippen LogP contribution in [-0.2, 0) is 0 Å². The minimum atomic E-state index is 0.212. The van der Waals surface area contributed by atoms with E-state index in [1.54, 1.807) is 0 Å². The SMILES string of the molecule is C=CCN(CC=C)C(C)c1nc2ccc(C)cc2[nH]1. The van der Waals surface area contributed by atoms with Gasteiger partial charge in [-0.25, -0.2) is 4.98 Å². The Balaban J connectivity index is 2.31. The highest BCUT2D eigenvalue weighted by Gasteiger charge is 2.16. The number of hydrogen-bond acceptors (Lipinski definition) is 2. The molecule has 1 unspecified atom stereocenters. The number of aromatic amines is 1. The number of aryl methyl sites for hydroxylation is 1. The van der Waals surface area contributed by atoms with Crippen LogP contribution >= 0.6 is 0 Å². The van der Waals surface area contributed by atoms with E-state index in [0.29, 0.717) is 0 Å². The molecule has 0 aliphatic rings. The standard InChI is InChI=1S/C16H21N3/c1-5-9-19(10-6-2)13(4)16-17-14-8-7-12(3)11-15(14)18-16/h5-8,11,13H,1-2,9-10H2,3-4H3,(H,17,18). The largest absolute Gasteiger partial charge is 0.341 e. The molecule has 3 nitrogen and oxygen atoms in total. The lowest BCUT2D eigenvalue weighted by Gasteiger charge is -2.24. The summed E-state index contributed by atoms with van der Waals surface area (Å²) in [6.07, 6.45) is 3.82. The normalized spacial score (nSPS) is 12.8. The van der Waals surface area contributed by atoms with Crippen LogP contribution in [0, 0.1) is 6.92 Å². The van der Waals surface area contributed by atoms with Crippen molar-refractivity contribution in [3.05, 3.63) is 54.9 Å². The predicted molar refractivity (Wildman–Crippen MR) is 81.2 cm³/mol. The van der Waals surface area contributed by atoms with Crippen LogP contribution < -0.4 is 0 Å². The topological polar surface area (TPSA) is 31.9 Å². The lowest BCUT2D eigenvalue weighted by atomic mass is 10.2. The molecule has 0 fully saturated rings. The minimum absolute atomic E-state index is 0.212. The Bertz CT molecular complexity index is 573. The van der Waals surface area contributed by atoms with Crippen molar-refractivity contribution in [2.75, 3.05) is 13.1 Å². The zero-order valence-corrected chi connectivity index (χ0v) is 11.7. The second-order valence-corrected chi connectivity index (χ2v) is 4.85. The lowest BCUT2D eigenvalue weighted by molar-refractivity contribution is 0.252. The number of imidazole rings is 1. The molecule has 2 aromatic rings. The number of benzene rings is 1. The first kappa shape index (κ1) is 13.6. The van der Waals surface area contributed by atoms with Gasteiger partial charge in [0.05, 0.1) is 17.1 Å². The molecule has 2 rings (SSSR count). The van der Waals surface area contributed by atoms with Crippen LogP contribution in [0.15, 0.2) is 43.5 Å². The van der Waals surface area contributed by atoms with Crippen molar-refractivity contribution < 1.29 is 0 Å². The van der Waals surface area contributed by atoms with Crippen molar-refractivity contribution in [1.29, 1.82) is 0 Å². The number of nitrogens with zero attached hydrogens (tertiary/aromatic N) is 2. The Hall–Kier alpha value is -1.87. The van der Waals surface area contributed by atoms with E-state index in [-0.39, 0.29) is 6.04 Å². The summed E-state index contributed by atoms with van der Waals surface area (Å²) in [5, 5.41) is 0. The molecule has 0 bridgehead atoms. The minimum Gasteiger partial charge on any atom is -0.341 e. The fourth-order valence-electron chi connectivity index (χ4n) is 2.24. The fraction of sp³-hybridized carbons (Fsp3) is 0.312. The first-order valence-corrected chi connectivity index (χ1v) is 6.57. The predicted octanol–water partition coefficient (Wildman–Crippen LogP) is 3.61. The number of hydrogen-bond donors (Lipinski definition) is 1. The van der Waals surface area contributed by atoms with Gasteiger partial charge in [-0.15, -0.1) is 13.2 Å². The van der Waals surface area contributed by atoms with E-state index in [2.05, 4.69) is 60.1 Å². The van der Waals surface area contributed by atoms with Crippen molar-refractivity contribution in [2.24, 2.45) is 0 Å². The third-order valence-electron chi connectivity index (χ3n) is 3.33. The van der Waals surface area contributed by atoms with Gasteiger partial charge in [0.15, 0.2) is 0 Å². The molecule has 1 atom stereocenters. The van der Waals surface area contributed by atoms with E-state index in [1.165, 1.54) is 5.56 Å². The molecule has 1 N–H and O–H groups in total. The number of fused-ring (bicyclic) bond motifs is 1. The fourth-order valence-corrected chi connectivity index (χ4v) is 2.24. The second-order valence-electron chi connectivity index (χ2n) is 4.85. The quantitative estimate of drug-likeness (QED) is 0.800. The number of nitrogens with one attached hydrogen (secondary N) is 1. The van der Waals surface area contributed by atoms with Gasteiger partial charge in [-0.2, -0.15) is 0 Å². The average Bonchev–Trinajstić information content (AvgIpc) is 2.80. The maximum Gasteiger partial charge on any atom is 0.124 e. The summed E-state index contributed by atoms with van der Waals surface area (Å²) in [7, 11) is 0. The molecule has 0 amide bonds. The molecule has 0 radical (unpaired) electrons. The maximum absolute atomic E-state index is 4.67. The summed E-state index contributed by atoms with van der Waals surface area (Å²) < 4.78 is 0. The maximum atomic E-state index is 4.67. The summed E-state index contributed by atoms with van der Waals surface area (Å²) >= 11 is 0. The van der Waals surface area contributed by atoms with Gasteiger partial charge in [0.25, 0.3) is 0 Å². The van der Waals surface area contributed by atoms with E-state index in [9.17, 15) is 0 Å². The molecule has 3 heteroatoms. The van der Waals surface area contributed by atoms with Gasteiger partial charge in [0.2, 0.25) is 0 Å². The van der Waals surface area contributed by atoms with Gasteiger partial charge < -0.3 is 4.98 Å². The molecular weight excluding hydrogens is 234 g/mol. The summed E-state index contributed by atoms with van der Waals surface area (Å²) in [5.74, 6) is 0.990. The highest BCUT2D eigenvalue weighted by atomic mass is 15.2. The van der Waals surface area contributed by atoms with Gasteiger partial charge in [-0.1, -0.05) is 18.2 Å². The zero-order chi connectivity index (χ0) is 13.8. The molecule has 0 aliphatic carbocycles. The molecule has 19 heavy (non-hydrogen) atoms. The van der Waals surface area contributed by atoms with E-state index >= 15 is 0 Å². The Morgan fingerprint density at radius 2 is 2.00 bits per heavy atom. The Kier molecular flexibility index (Phi) is 4.17. The van der Waals surface area contributed by atoms with Crippen LogP contribution in [0.2, 0.25) is 0 Å². The van der Waals surface area contributed by atoms with Crippen molar-refractivity contribution in [1.82, 2.24) is 14.9 Å². The summed E-state index contributed by atoms with van der Waals surface area (Å²) in [6.45, 7) is 13.5. The van der Waals surface area contributed by atoms with Crippen LogP contribution in [0.5, 0.6) is 0 Å².